The van der Waals surface area contributed by atoms with Gasteiger partial charge >= 0.3 is 11.8 Å². The molecule has 1 aliphatic heterocycles. The van der Waals surface area contributed by atoms with Gasteiger partial charge in [-0.2, -0.15) is 0 Å². The summed E-state index contributed by atoms with van der Waals surface area (Å²) in [7, 11) is 0. The van der Waals surface area contributed by atoms with E-state index < -0.39 is 11.8 Å². The van der Waals surface area contributed by atoms with Crippen LogP contribution in [0, 0.1) is 0 Å². The van der Waals surface area contributed by atoms with Crippen molar-refractivity contribution in [2.75, 3.05) is 19.7 Å². The minimum absolute atomic E-state index is 0.131. The van der Waals surface area contributed by atoms with Gasteiger partial charge in [0.05, 0.1) is 19.3 Å². The van der Waals surface area contributed by atoms with Gasteiger partial charge in [-0.25, -0.2) is 0 Å². The fraction of sp³-hybridized carbons (Fsp3) is 0.429. The van der Waals surface area contributed by atoms with Gasteiger partial charge in [0, 0.05) is 13.1 Å². The van der Waals surface area contributed by atoms with E-state index in [2.05, 4.69) is 5.32 Å². The highest BCUT2D eigenvalue weighted by Gasteiger charge is 2.30. The van der Waals surface area contributed by atoms with Gasteiger partial charge in [0.15, 0.2) is 0 Å². The molecule has 0 aliphatic carbocycles. The van der Waals surface area contributed by atoms with Gasteiger partial charge in [0.1, 0.15) is 0 Å². The number of rotatable bonds is 5. The van der Waals surface area contributed by atoms with Crippen LogP contribution in [-0.2, 0) is 20.9 Å². The largest absolute Gasteiger partial charge is 0.375 e. The quantitative estimate of drug-likeness (QED) is 0.788. The molecule has 1 fully saturated rings. The zero-order valence-electron chi connectivity index (χ0n) is 11.0. The van der Waals surface area contributed by atoms with Crippen LogP contribution in [0.2, 0.25) is 0 Å². The van der Waals surface area contributed by atoms with E-state index in [9.17, 15) is 9.59 Å². The van der Waals surface area contributed by atoms with Gasteiger partial charge in [-0.05, 0) is 12.5 Å². The maximum Gasteiger partial charge on any atom is 0.311 e. The van der Waals surface area contributed by atoms with Crippen molar-refractivity contribution in [3.63, 3.8) is 0 Å². The number of amides is 2. The number of benzene rings is 1. The average Bonchev–Trinajstić information content (AvgIpc) is 2.43. The van der Waals surface area contributed by atoms with Gasteiger partial charge in [0.2, 0.25) is 0 Å². The van der Waals surface area contributed by atoms with Crippen LogP contribution in [0.1, 0.15) is 12.5 Å². The lowest BCUT2D eigenvalue weighted by Gasteiger charge is -2.31. The third kappa shape index (κ3) is 3.54. The lowest BCUT2D eigenvalue weighted by molar-refractivity contribution is -0.150. The summed E-state index contributed by atoms with van der Waals surface area (Å²) >= 11 is 0. The Morgan fingerprint density at radius 3 is 2.74 bits per heavy atom. The maximum absolute atomic E-state index is 11.5. The van der Waals surface area contributed by atoms with Crippen molar-refractivity contribution in [1.82, 2.24) is 10.2 Å². The van der Waals surface area contributed by atoms with E-state index in [1.54, 1.807) is 0 Å². The SMILES string of the molecule is CCN1C[C@H](COCc2ccccc2)NC(=O)C1=O. The third-order valence-electron chi connectivity index (χ3n) is 3.07. The topological polar surface area (TPSA) is 58.6 Å². The van der Waals surface area contributed by atoms with E-state index >= 15 is 0 Å². The van der Waals surface area contributed by atoms with E-state index in [0.717, 1.165) is 5.56 Å². The van der Waals surface area contributed by atoms with Crippen molar-refractivity contribution in [2.24, 2.45) is 0 Å². The first-order chi connectivity index (χ1) is 9.20. The molecule has 19 heavy (non-hydrogen) atoms. The third-order valence-corrected chi connectivity index (χ3v) is 3.07. The summed E-state index contributed by atoms with van der Waals surface area (Å²) in [5.41, 5.74) is 1.09. The average molecular weight is 262 g/mol. The number of likely N-dealkylation sites (N-methyl/N-ethyl adjacent to an activating group) is 1. The fourth-order valence-corrected chi connectivity index (χ4v) is 2.05. The van der Waals surface area contributed by atoms with Crippen LogP contribution in [0.15, 0.2) is 30.3 Å². The number of ether oxygens (including phenoxy) is 1. The number of carbonyl (C=O) groups is 2. The summed E-state index contributed by atoms with van der Waals surface area (Å²) in [5, 5.41) is 2.66. The number of carbonyl (C=O) groups excluding carboxylic acids is 2. The van der Waals surface area contributed by atoms with Gasteiger partial charge in [-0.15, -0.1) is 0 Å². The molecule has 1 saturated heterocycles. The molecule has 0 saturated carbocycles. The zero-order valence-corrected chi connectivity index (χ0v) is 11.0. The highest BCUT2D eigenvalue weighted by Crippen LogP contribution is 2.05. The van der Waals surface area contributed by atoms with Gasteiger partial charge < -0.3 is 15.0 Å². The standard InChI is InChI=1S/C14H18N2O3/c1-2-16-8-12(15-13(17)14(16)18)10-19-9-11-6-4-3-5-7-11/h3-7,12H,2,8-10H2,1H3,(H,15,17)/t12-/m1/s1. The molecule has 5 heteroatoms. The Morgan fingerprint density at radius 2 is 2.05 bits per heavy atom. The lowest BCUT2D eigenvalue weighted by Crippen LogP contribution is -2.58. The molecule has 0 bridgehead atoms. The van der Waals surface area contributed by atoms with Crippen LogP contribution in [-0.4, -0.2) is 42.5 Å². The molecule has 1 atom stereocenters. The summed E-state index contributed by atoms with van der Waals surface area (Å²) < 4.78 is 5.58. The molecule has 102 valence electrons. The number of nitrogens with one attached hydrogen (secondary N) is 1. The summed E-state index contributed by atoms with van der Waals surface area (Å²) in [6.07, 6.45) is 0. The molecule has 1 N–H and O–H groups in total. The molecule has 2 rings (SSSR count). The monoisotopic (exact) mass is 262 g/mol. The predicted octanol–water partition coefficient (Wildman–Crippen LogP) is 0.550. The Hall–Kier alpha value is -1.88. The Balaban J connectivity index is 1.80. The van der Waals surface area contributed by atoms with Crippen molar-refractivity contribution >= 4 is 11.8 Å². The first kappa shape index (κ1) is 13.5. The summed E-state index contributed by atoms with van der Waals surface area (Å²) in [6, 6.07) is 9.71. The highest BCUT2D eigenvalue weighted by atomic mass is 16.5. The second kappa shape index (κ2) is 6.33. The molecule has 5 nitrogen and oxygen atoms in total. The van der Waals surface area contributed by atoms with Crippen molar-refractivity contribution in [3.8, 4) is 0 Å². The Labute approximate surface area is 112 Å². The second-order valence-corrected chi connectivity index (χ2v) is 4.51. The number of nitrogens with zero attached hydrogens (tertiary/aromatic N) is 1. The van der Waals surface area contributed by atoms with Crippen LogP contribution in [0.25, 0.3) is 0 Å². The first-order valence-corrected chi connectivity index (χ1v) is 6.42. The van der Waals surface area contributed by atoms with Crippen LogP contribution in [0.4, 0.5) is 0 Å². The summed E-state index contributed by atoms with van der Waals surface area (Å²) in [5.74, 6) is -0.997. The second-order valence-electron chi connectivity index (χ2n) is 4.51. The van der Waals surface area contributed by atoms with Crippen molar-refractivity contribution in [2.45, 2.75) is 19.6 Å². The molecule has 0 spiro atoms. The highest BCUT2D eigenvalue weighted by molar-refractivity contribution is 6.35. The number of hydrogen-bond donors (Lipinski definition) is 1. The maximum atomic E-state index is 11.5. The van der Waals surface area contributed by atoms with Gasteiger partial charge in [0.25, 0.3) is 0 Å². The van der Waals surface area contributed by atoms with Crippen LogP contribution >= 0.6 is 0 Å². The zero-order chi connectivity index (χ0) is 13.7. The number of hydrogen-bond acceptors (Lipinski definition) is 3. The van der Waals surface area contributed by atoms with E-state index in [1.807, 2.05) is 37.3 Å². The van der Waals surface area contributed by atoms with Crippen LogP contribution in [0.5, 0.6) is 0 Å². The smallest absolute Gasteiger partial charge is 0.311 e. The fourth-order valence-electron chi connectivity index (χ4n) is 2.05. The minimum Gasteiger partial charge on any atom is -0.375 e. The molecule has 1 heterocycles. The molecule has 0 aromatic heterocycles. The van der Waals surface area contributed by atoms with Crippen molar-refractivity contribution in [3.05, 3.63) is 35.9 Å². The lowest BCUT2D eigenvalue weighted by atomic mass is 10.2. The molecule has 1 aromatic carbocycles. The molecule has 1 aliphatic rings. The molecule has 1 aromatic rings. The molecule has 2 amide bonds. The molecular weight excluding hydrogens is 244 g/mol. The van der Waals surface area contributed by atoms with Crippen molar-refractivity contribution in [1.29, 1.82) is 0 Å². The van der Waals surface area contributed by atoms with Crippen LogP contribution < -0.4 is 5.32 Å². The Kier molecular flexibility index (Phi) is 4.52. The predicted molar refractivity (Wildman–Crippen MR) is 70.3 cm³/mol. The van der Waals surface area contributed by atoms with Crippen molar-refractivity contribution < 1.29 is 14.3 Å². The summed E-state index contributed by atoms with van der Waals surface area (Å²) in [4.78, 5) is 24.5. The molecule has 0 radical (unpaired) electrons. The van der Waals surface area contributed by atoms with E-state index in [0.29, 0.717) is 26.3 Å². The van der Waals surface area contributed by atoms with Gasteiger partial charge in [-0.1, -0.05) is 30.3 Å². The Bertz CT molecular complexity index is 447. The summed E-state index contributed by atoms with van der Waals surface area (Å²) in [6.45, 7) is 3.83. The van der Waals surface area contributed by atoms with E-state index in [4.69, 9.17) is 4.74 Å². The first-order valence-electron chi connectivity index (χ1n) is 6.42. The molecule has 0 unspecified atom stereocenters. The number of piperazine rings is 1. The molecular formula is C14H18N2O3. The van der Waals surface area contributed by atoms with Crippen LogP contribution in [0.3, 0.4) is 0 Å². The van der Waals surface area contributed by atoms with E-state index in [-0.39, 0.29) is 6.04 Å². The van der Waals surface area contributed by atoms with E-state index in [1.165, 1.54) is 4.90 Å². The van der Waals surface area contributed by atoms with Gasteiger partial charge in [-0.3, -0.25) is 9.59 Å². The minimum atomic E-state index is -0.540. The Morgan fingerprint density at radius 1 is 1.32 bits per heavy atom. The normalized spacial score (nSPS) is 19.4.